The molecule has 1 N–H and O–H groups in total. The van der Waals surface area contributed by atoms with Gasteiger partial charge in [-0.3, -0.25) is 10.1 Å². The summed E-state index contributed by atoms with van der Waals surface area (Å²) >= 11 is 1.36. The fourth-order valence-electron chi connectivity index (χ4n) is 2.45. The highest BCUT2D eigenvalue weighted by Gasteiger charge is 2.11. The minimum atomic E-state index is -0.302. The first kappa shape index (κ1) is 16.1. The van der Waals surface area contributed by atoms with E-state index < -0.39 is 0 Å². The molecular weight excluding hydrogens is 353 g/mol. The molecule has 4 aromatic rings. The number of aromatic nitrogens is 4. The molecule has 0 aliphatic carbocycles. The average Bonchev–Trinajstić information content (AvgIpc) is 3.34. The smallest absolute Gasteiger partial charge is 0.257 e. The Morgan fingerprint density at radius 3 is 2.54 bits per heavy atom. The Labute approximate surface area is 151 Å². The molecule has 0 saturated heterocycles. The van der Waals surface area contributed by atoms with Crippen LogP contribution in [-0.4, -0.2) is 25.9 Å². The Morgan fingerprint density at radius 2 is 1.85 bits per heavy atom. The molecule has 0 unspecified atom stereocenters. The fraction of sp³-hybridized carbons (Fsp3) is 0. The maximum atomic E-state index is 13.1. The number of anilines is 1. The van der Waals surface area contributed by atoms with E-state index in [2.05, 4.69) is 20.6 Å². The Balaban J connectivity index is 1.59. The summed E-state index contributed by atoms with van der Waals surface area (Å²) in [6.07, 6.45) is 3.24. The quantitative estimate of drug-likeness (QED) is 0.597. The molecule has 128 valence electrons. The predicted molar refractivity (Wildman–Crippen MR) is 96.8 cm³/mol. The summed E-state index contributed by atoms with van der Waals surface area (Å²) in [6.45, 7) is 0. The summed E-state index contributed by atoms with van der Waals surface area (Å²) in [5.41, 5.74) is 2.77. The van der Waals surface area contributed by atoms with Crippen molar-refractivity contribution in [3.8, 4) is 16.9 Å². The van der Waals surface area contributed by atoms with Crippen molar-refractivity contribution in [2.24, 2.45) is 0 Å². The van der Waals surface area contributed by atoms with E-state index in [1.165, 1.54) is 23.5 Å². The van der Waals surface area contributed by atoms with Crippen LogP contribution >= 0.6 is 11.3 Å². The van der Waals surface area contributed by atoms with Crippen LogP contribution in [0.3, 0.4) is 0 Å². The van der Waals surface area contributed by atoms with Gasteiger partial charge in [0.2, 0.25) is 0 Å². The van der Waals surface area contributed by atoms with Gasteiger partial charge in [-0.25, -0.2) is 14.1 Å². The third kappa shape index (κ3) is 3.22. The maximum Gasteiger partial charge on any atom is 0.257 e. The molecule has 0 bridgehead atoms. The van der Waals surface area contributed by atoms with Gasteiger partial charge in [0.25, 0.3) is 5.91 Å². The van der Waals surface area contributed by atoms with Crippen molar-refractivity contribution in [2.45, 2.75) is 0 Å². The van der Waals surface area contributed by atoms with E-state index in [1.807, 2.05) is 0 Å². The summed E-state index contributed by atoms with van der Waals surface area (Å²) in [6, 6.07) is 13.1. The van der Waals surface area contributed by atoms with E-state index >= 15 is 0 Å². The summed E-state index contributed by atoms with van der Waals surface area (Å²) in [5, 5.41) is 13.1. The van der Waals surface area contributed by atoms with Gasteiger partial charge in [-0.1, -0.05) is 5.21 Å². The Hall–Kier alpha value is -3.39. The number of thiazole rings is 1. The lowest BCUT2D eigenvalue weighted by molar-refractivity contribution is 0.102. The van der Waals surface area contributed by atoms with Crippen LogP contribution in [0.25, 0.3) is 16.9 Å². The Bertz CT molecular complexity index is 1030. The van der Waals surface area contributed by atoms with Crippen LogP contribution in [0.4, 0.5) is 9.52 Å². The maximum absolute atomic E-state index is 13.1. The van der Waals surface area contributed by atoms with Crippen LogP contribution in [0, 0.1) is 5.82 Å². The van der Waals surface area contributed by atoms with Crippen molar-refractivity contribution in [1.29, 1.82) is 0 Å². The normalized spacial score (nSPS) is 10.7. The number of amides is 1. The van der Waals surface area contributed by atoms with Gasteiger partial charge in [-0.05, 0) is 48.5 Å². The summed E-state index contributed by atoms with van der Waals surface area (Å²) < 4.78 is 14.8. The fourth-order valence-corrected chi connectivity index (χ4v) is 2.98. The second-order valence-electron chi connectivity index (χ2n) is 5.38. The van der Waals surface area contributed by atoms with E-state index in [0.29, 0.717) is 10.7 Å². The second-order valence-corrected chi connectivity index (χ2v) is 6.27. The van der Waals surface area contributed by atoms with Crippen LogP contribution in [0.15, 0.2) is 66.3 Å². The predicted octanol–water partition coefficient (Wildman–Crippen LogP) is 3.78. The first-order valence-electron chi connectivity index (χ1n) is 7.68. The van der Waals surface area contributed by atoms with Crippen molar-refractivity contribution >= 4 is 22.4 Å². The molecule has 0 radical (unpaired) electrons. The number of nitrogens with zero attached hydrogens (tertiary/aromatic N) is 4. The van der Waals surface area contributed by atoms with Crippen molar-refractivity contribution in [1.82, 2.24) is 20.0 Å². The van der Waals surface area contributed by atoms with E-state index in [4.69, 9.17) is 0 Å². The lowest BCUT2D eigenvalue weighted by atomic mass is 10.1. The van der Waals surface area contributed by atoms with Gasteiger partial charge < -0.3 is 0 Å². The summed E-state index contributed by atoms with van der Waals surface area (Å²) in [7, 11) is 0. The molecule has 4 rings (SSSR count). The average molecular weight is 365 g/mol. The highest BCUT2D eigenvalue weighted by molar-refractivity contribution is 7.13. The molecule has 2 aromatic heterocycles. The van der Waals surface area contributed by atoms with E-state index in [0.717, 1.165) is 16.9 Å². The molecule has 8 heteroatoms. The van der Waals surface area contributed by atoms with E-state index in [1.54, 1.807) is 58.9 Å². The van der Waals surface area contributed by atoms with Crippen molar-refractivity contribution < 1.29 is 9.18 Å². The monoisotopic (exact) mass is 365 g/mol. The van der Waals surface area contributed by atoms with Crippen LogP contribution in [0.5, 0.6) is 0 Å². The van der Waals surface area contributed by atoms with Crippen molar-refractivity contribution in [3.05, 3.63) is 77.7 Å². The molecule has 0 saturated carbocycles. The van der Waals surface area contributed by atoms with Crippen molar-refractivity contribution in [2.75, 3.05) is 5.32 Å². The molecule has 2 aromatic carbocycles. The van der Waals surface area contributed by atoms with Gasteiger partial charge in [-0.15, -0.1) is 16.4 Å². The van der Waals surface area contributed by atoms with Gasteiger partial charge in [0.1, 0.15) is 5.82 Å². The SMILES string of the molecule is O=C(Nc1nccs1)c1ccc(-n2nncc2-c2ccc(F)cc2)cc1. The topological polar surface area (TPSA) is 72.7 Å². The molecule has 0 aliphatic heterocycles. The largest absolute Gasteiger partial charge is 0.298 e. The first-order chi connectivity index (χ1) is 12.7. The molecule has 0 fully saturated rings. The Morgan fingerprint density at radius 1 is 1.08 bits per heavy atom. The summed E-state index contributed by atoms with van der Waals surface area (Å²) in [4.78, 5) is 16.2. The number of halogens is 1. The minimum absolute atomic E-state index is 0.233. The second kappa shape index (κ2) is 6.85. The van der Waals surface area contributed by atoms with Crippen LogP contribution in [0.2, 0.25) is 0 Å². The third-order valence-electron chi connectivity index (χ3n) is 3.72. The lowest BCUT2D eigenvalue weighted by Crippen LogP contribution is -2.11. The number of carbonyl (C=O) groups excluding carboxylic acids is 1. The van der Waals surface area contributed by atoms with Crippen molar-refractivity contribution in [3.63, 3.8) is 0 Å². The molecule has 6 nitrogen and oxygen atoms in total. The van der Waals surface area contributed by atoms with Gasteiger partial charge in [-0.2, -0.15) is 0 Å². The minimum Gasteiger partial charge on any atom is -0.298 e. The number of hydrogen-bond donors (Lipinski definition) is 1. The number of carbonyl (C=O) groups is 1. The van der Waals surface area contributed by atoms with E-state index in [-0.39, 0.29) is 11.7 Å². The lowest BCUT2D eigenvalue weighted by Gasteiger charge is -2.07. The number of benzene rings is 2. The highest BCUT2D eigenvalue weighted by atomic mass is 32.1. The third-order valence-corrected chi connectivity index (χ3v) is 4.40. The van der Waals surface area contributed by atoms with Gasteiger partial charge in [0.15, 0.2) is 5.13 Å². The Kier molecular flexibility index (Phi) is 4.24. The molecule has 1 amide bonds. The van der Waals surface area contributed by atoms with Gasteiger partial charge in [0, 0.05) is 22.7 Å². The molecular formula is C18H12FN5OS. The summed E-state index contributed by atoms with van der Waals surface area (Å²) in [5.74, 6) is -0.535. The highest BCUT2D eigenvalue weighted by Crippen LogP contribution is 2.22. The number of hydrogen-bond acceptors (Lipinski definition) is 5. The van der Waals surface area contributed by atoms with Gasteiger partial charge in [0.05, 0.1) is 17.6 Å². The van der Waals surface area contributed by atoms with E-state index in [9.17, 15) is 9.18 Å². The zero-order chi connectivity index (χ0) is 17.9. The molecule has 0 spiro atoms. The first-order valence-corrected chi connectivity index (χ1v) is 8.56. The number of nitrogens with one attached hydrogen (secondary N) is 1. The van der Waals surface area contributed by atoms with Crippen LogP contribution in [0.1, 0.15) is 10.4 Å². The van der Waals surface area contributed by atoms with Crippen LogP contribution < -0.4 is 5.32 Å². The molecule has 2 heterocycles. The standard InChI is InChI=1S/C18H12FN5OS/c19-14-5-1-12(2-6-14)16-11-21-23-24(16)15-7-3-13(4-8-15)17(25)22-18-20-9-10-26-18/h1-11H,(H,20,22,25). The molecule has 0 atom stereocenters. The number of rotatable bonds is 4. The zero-order valence-electron chi connectivity index (χ0n) is 13.3. The molecule has 26 heavy (non-hydrogen) atoms. The van der Waals surface area contributed by atoms with Crippen LogP contribution in [-0.2, 0) is 0 Å². The zero-order valence-corrected chi connectivity index (χ0v) is 14.2. The van der Waals surface area contributed by atoms with Gasteiger partial charge >= 0.3 is 0 Å². The molecule has 0 aliphatic rings.